The molecule has 1 aromatic carbocycles. The van der Waals surface area contributed by atoms with E-state index < -0.39 is 0 Å². The minimum absolute atomic E-state index is 0.0981. The first kappa shape index (κ1) is 9.67. The van der Waals surface area contributed by atoms with Crippen LogP contribution in [0.5, 0.6) is 5.75 Å². The first-order valence-electron chi connectivity index (χ1n) is 3.56. The number of nitrogens with one attached hydrogen (secondary N) is 1. The van der Waals surface area contributed by atoms with Gasteiger partial charge in [0, 0.05) is 13.0 Å². The van der Waals surface area contributed by atoms with E-state index in [1.807, 2.05) is 0 Å². The Hall–Kier alpha value is -1.42. The highest BCUT2D eigenvalue weighted by molar-refractivity contribution is 6.34. The van der Waals surface area contributed by atoms with Crippen molar-refractivity contribution < 1.29 is 9.90 Å². The third-order valence-electron chi connectivity index (χ3n) is 1.43. The van der Waals surface area contributed by atoms with Gasteiger partial charge in [0.15, 0.2) is 0 Å². The van der Waals surface area contributed by atoms with Crippen molar-refractivity contribution in [3.8, 4) is 5.75 Å². The third kappa shape index (κ3) is 2.26. The zero-order valence-corrected chi connectivity index (χ0v) is 7.72. The minimum atomic E-state index is -0.244. The molecule has 1 amide bonds. The number of halogens is 1. The highest BCUT2D eigenvalue weighted by Crippen LogP contribution is 2.31. The molecule has 0 aliphatic heterocycles. The van der Waals surface area contributed by atoms with Crippen LogP contribution in [0.4, 0.5) is 11.4 Å². The summed E-state index contributed by atoms with van der Waals surface area (Å²) in [5.41, 5.74) is 5.97. The molecule has 0 atom stereocenters. The molecular formula is C8H9ClN2O2. The summed E-state index contributed by atoms with van der Waals surface area (Å²) in [6.45, 7) is 1.36. The number of nitrogen functional groups attached to an aromatic ring is 1. The van der Waals surface area contributed by atoms with Gasteiger partial charge in [-0.2, -0.15) is 0 Å². The van der Waals surface area contributed by atoms with Crippen molar-refractivity contribution in [2.24, 2.45) is 0 Å². The van der Waals surface area contributed by atoms with Crippen LogP contribution in [0.3, 0.4) is 0 Å². The second-order valence-electron chi connectivity index (χ2n) is 2.57. The summed E-state index contributed by atoms with van der Waals surface area (Å²) in [4.78, 5) is 10.7. The summed E-state index contributed by atoms with van der Waals surface area (Å²) in [7, 11) is 0. The van der Waals surface area contributed by atoms with Crippen LogP contribution in [-0.4, -0.2) is 11.0 Å². The lowest BCUT2D eigenvalue weighted by molar-refractivity contribution is -0.114. The Bertz CT molecular complexity index is 352. The maximum Gasteiger partial charge on any atom is 0.221 e. The van der Waals surface area contributed by atoms with Gasteiger partial charge >= 0.3 is 0 Å². The largest absolute Gasteiger partial charge is 0.506 e. The van der Waals surface area contributed by atoms with Gasteiger partial charge in [-0.25, -0.2) is 0 Å². The SMILES string of the molecule is CC(=O)Nc1cc(N)c(O)cc1Cl. The number of hydrogen-bond acceptors (Lipinski definition) is 3. The molecule has 70 valence electrons. The quantitative estimate of drug-likeness (QED) is 0.366. The number of amides is 1. The molecule has 0 aliphatic rings. The zero-order valence-electron chi connectivity index (χ0n) is 6.97. The molecule has 0 aliphatic carbocycles. The first-order valence-corrected chi connectivity index (χ1v) is 3.94. The topological polar surface area (TPSA) is 75.4 Å². The smallest absolute Gasteiger partial charge is 0.221 e. The summed E-state index contributed by atoms with van der Waals surface area (Å²) in [5, 5.41) is 11.9. The highest BCUT2D eigenvalue weighted by Gasteiger charge is 2.06. The number of rotatable bonds is 1. The number of carbonyl (C=O) groups excluding carboxylic acids is 1. The second kappa shape index (κ2) is 3.53. The molecule has 0 saturated carbocycles. The lowest BCUT2D eigenvalue weighted by Gasteiger charge is -2.06. The lowest BCUT2D eigenvalue weighted by Crippen LogP contribution is -2.06. The van der Waals surface area contributed by atoms with Gasteiger partial charge in [0.05, 0.1) is 16.4 Å². The van der Waals surface area contributed by atoms with Crippen molar-refractivity contribution in [2.45, 2.75) is 6.92 Å². The summed E-state index contributed by atoms with van der Waals surface area (Å²) in [6, 6.07) is 2.68. The van der Waals surface area contributed by atoms with E-state index in [1.54, 1.807) is 0 Å². The fraction of sp³-hybridized carbons (Fsp3) is 0.125. The molecule has 0 unspecified atom stereocenters. The van der Waals surface area contributed by atoms with E-state index in [-0.39, 0.29) is 22.4 Å². The van der Waals surface area contributed by atoms with E-state index in [1.165, 1.54) is 19.1 Å². The number of carbonyl (C=O) groups is 1. The van der Waals surface area contributed by atoms with E-state index in [2.05, 4.69) is 5.32 Å². The number of anilines is 2. The Morgan fingerprint density at radius 1 is 1.62 bits per heavy atom. The summed E-state index contributed by atoms with van der Waals surface area (Å²) >= 11 is 5.72. The molecule has 13 heavy (non-hydrogen) atoms. The van der Waals surface area contributed by atoms with Crippen LogP contribution in [0.15, 0.2) is 12.1 Å². The van der Waals surface area contributed by atoms with Crippen molar-refractivity contribution in [3.63, 3.8) is 0 Å². The van der Waals surface area contributed by atoms with Gasteiger partial charge in [-0.05, 0) is 6.07 Å². The van der Waals surface area contributed by atoms with Crippen molar-refractivity contribution >= 4 is 28.9 Å². The Labute approximate surface area is 80.3 Å². The maximum absolute atomic E-state index is 10.7. The lowest BCUT2D eigenvalue weighted by atomic mass is 10.2. The van der Waals surface area contributed by atoms with E-state index >= 15 is 0 Å². The molecule has 0 bridgehead atoms. The molecule has 0 heterocycles. The van der Waals surface area contributed by atoms with Crippen LogP contribution in [-0.2, 0) is 4.79 Å². The van der Waals surface area contributed by atoms with E-state index in [9.17, 15) is 4.79 Å². The Morgan fingerprint density at radius 3 is 2.77 bits per heavy atom. The van der Waals surface area contributed by atoms with Gasteiger partial charge in [-0.15, -0.1) is 0 Å². The second-order valence-corrected chi connectivity index (χ2v) is 2.98. The van der Waals surface area contributed by atoms with Crippen LogP contribution in [0.2, 0.25) is 5.02 Å². The fourth-order valence-corrected chi connectivity index (χ4v) is 1.07. The molecular weight excluding hydrogens is 192 g/mol. The number of nitrogens with two attached hydrogens (primary N) is 1. The van der Waals surface area contributed by atoms with Crippen molar-refractivity contribution in [2.75, 3.05) is 11.1 Å². The molecule has 4 nitrogen and oxygen atoms in total. The number of hydrogen-bond donors (Lipinski definition) is 3. The molecule has 1 rings (SSSR count). The van der Waals surface area contributed by atoms with E-state index in [4.69, 9.17) is 22.4 Å². The predicted octanol–water partition coefficient (Wildman–Crippen LogP) is 1.59. The maximum atomic E-state index is 10.7. The Kier molecular flexibility index (Phi) is 2.63. The number of benzene rings is 1. The van der Waals surface area contributed by atoms with Gasteiger partial charge in [0.2, 0.25) is 5.91 Å². The van der Waals surface area contributed by atoms with E-state index in [0.717, 1.165) is 0 Å². The average molecular weight is 201 g/mol. The Morgan fingerprint density at radius 2 is 2.23 bits per heavy atom. The molecule has 5 heteroatoms. The molecule has 0 spiro atoms. The van der Waals surface area contributed by atoms with Crippen molar-refractivity contribution in [1.82, 2.24) is 0 Å². The van der Waals surface area contributed by atoms with Gasteiger partial charge in [0.1, 0.15) is 5.75 Å². The van der Waals surface area contributed by atoms with Crippen LogP contribution < -0.4 is 11.1 Å². The summed E-state index contributed by atoms with van der Waals surface area (Å²) in [5.74, 6) is -0.342. The summed E-state index contributed by atoms with van der Waals surface area (Å²) in [6.07, 6.45) is 0. The summed E-state index contributed by atoms with van der Waals surface area (Å²) < 4.78 is 0. The van der Waals surface area contributed by atoms with Crippen LogP contribution >= 0.6 is 11.6 Å². The Balaban J connectivity index is 3.08. The standard InChI is InChI=1S/C8H9ClN2O2/c1-4(12)11-7-3-6(10)8(13)2-5(7)9/h2-3,13H,10H2,1H3,(H,11,12). The van der Waals surface area contributed by atoms with Gasteiger partial charge in [-0.1, -0.05) is 11.6 Å². The van der Waals surface area contributed by atoms with Gasteiger partial charge < -0.3 is 16.2 Å². The monoisotopic (exact) mass is 200 g/mol. The number of phenolic OH excluding ortho intramolecular Hbond substituents is 1. The fourth-order valence-electron chi connectivity index (χ4n) is 0.865. The van der Waals surface area contributed by atoms with E-state index in [0.29, 0.717) is 5.69 Å². The van der Waals surface area contributed by atoms with Crippen molar-refractivity contribution in [1.29, 1.82) is 0 Å². The third-order valence-corrected chi connectivity index (χ3v) is 1.74. The van der Waals surface area contributed by atoms with Gasteiger partial charge in [-0.3, -0.25) is 4.79 Å². The van der Waals surface area contributed by atoms with Gasteiger partial charge in [0.25, 0.3) is 0 Å². The molecule has 0 aromatic heterocycles. The molecule has 0 radical (unpaired) electrons. The van der Waals surface area contributed by atoms with Crippen molar-refractivity contribution in [3.05, 3.63) is 17.2 Å². The molecule has 0 saturated heterocycles. The predicted molar refractivity (Wildman–Crippen MR) is 51.8 cm³/mol. The first-order chi connectivity index (χ1) is 6.00. The molecule has 1 aromatic rings. The number of aromatic hydroxyl groups is 1. The van der Waals surface area contributed by atoms with Crippen LogP contribution in [0.25, 0.3) is 0 Å². The molecule has 0 fully saturated rings. The zero-order chi connectivity index (χ0) is 10.0. The minimum Gasteiger partial charge on any atom is -0.506 e. The van der Waals surface area contributed by atoms with Crippen LogP contribution in [0.1, 0.15) is 6.92 Å². The molecule has 4 N–H and O–H groups in total. The highest BCUT2D eigenvalue weighted by atomic mass is 35.5. The van der Waals surface area contributed by atoms with Crippen LogP contribution in [0, 0.1) is 0 Å². The number of phenols is 1. The average Bonchev–Trinajstić information content (AvgIpc) is 1.99. The normalized spacial score (nSPS) is 9.69.